The molecule has 0 aliphatic carbocycles. The van der Waals surface area contributed by atoms with Crippen LogP contribution in [0.1, 0.15) is 0 Å². The second-order valence-corrected chi connectivity index (χ2v) is 7.90. The van der Waals surface area contributed by atoms with Crippen molar-refractivity contribution in [2.45, 2.75) is 4.21 Å². The van der Waals surface area contributed by atoms with E-state index in [4.69, 9.17) is 11.6 Å². The van der Waals surface area contributed by atoms with E-state index in [1.807, 2.05) is 0 Å². The molecular weight excluding hydrogens is 395 g/mol. The fraction of sp³-hybridized carbons (Fsp3) is 0. The lowest BCUT2D eigenvalue weighted by atomic mass is 10.5. The van der Waals surface area contributed by atoms with Crippen molar-refractivity contribution in [1.82, 2.24) is 4.98 Å². The zero-order chi connectivity index (χ0) is 12.5. The molecule has 0 unspecified atom stereocenters. The van der Waals surface area contributed by atoms with E-state index in [1.165, 1.54) is 6.07 Å². The van der Waals surface area contributed by atoms with Gasteiger partial charge in [0.2, 0.25) is 0 Å². The van der Waals surface area contributed by atoms with Gasteiger partial charge in [-0.05, 0) is 46.9 Å². The zero-order valence-corrected chi connectivity index (χ0v) is 12.8. The molecule has 0 atom stereocenters. The predicted molar refractivity (Wildman–Crippen MR) is 77.1 cm³/mol. The third-order valence-electron chi connectivity index (χ3n) is 1.78. The molecule has 1 N–H and O–H groups in total. The van der Waals surface area contributed by atoms with E-state index in [2.05, 4.69) is 32.3 Å². The highest BCUT2D eigenvalue weighted by molar-refractivity contribution is 14.1. The number of nitrogens with zero attached hydrogens (tertiary/aromatic N) is 1. The average Bonchev–Trinajstić information content (AvgIpc) is 2.69. The van der Waals surface area contributed by atoms with Crippen molar-refractivity contribution >= 4 is 61.4 Å². The van der Waals surface area contributed by atoms with E-state index in [-0.39, 0.29) is 10.0 Å². The lowest BCUT2D eigenvalue weighted by Crippen LogP contribution is -2.12. The topological polar surface area (TPSA) is 59.1 Å². The third kappa shape index (κ3) is 3.30. The molecule has 0 aliphatic heterocycles. The van der Waals surface area contributed by atoms with Gasteiger partial charge in [-0.2, -0.15) is 0 Å². The molecule has 0 radical (unpaired) electrons. The second kappa shape index (κ2) is 5.09. The SMILES string of the molecule is O=S(=O)(Nc1ccc(I)cn1)c1ccc(Cl)s1. The van der Waals surface area contributed by atoms with Gasteiger partial charge in [-0.15, -0.1) is 11.3 Å². The van der Waals surface area contributed by atoms with Gasteiger partial charge in [0.1, 0.15) is 10.0 Å². The van der Waals surface area contributed by atoms with Crippen LogP contribution < -0.4 is 4.72 Å². The number of nitrogens with one attached hydrogen (secondary N) is 1. The summed E-state index contributed by atoms with van der Waals surface area (Å²) in [4.78, 5) is 3.97. The number of rotatable bonds is 3. The van der Waals surface area contributed by atoms with Gasteiger partial charge in [-0.3, -0.25) is 4.72 Å². The van der Waals surface area contributed by atoms with Gasteiger partial charge in [0.15, 0.2) is 0 Å². The Morgan fingerprint density at radius 1 is 1.29 bits per heavy atom. The van der Waals surface area contributed by atoms with Crippen LogP contribution in [0.15, 0.2) is 34.7 Å². The van der Waals surface area contributed by atoms with Crippen LogP contribution in [0.4, 0.5) is 5.82 Å². The number of anilines is 1. The Balaban J connectivity index is 2.26. The Morgan fingerprint density at radius 3 is 2.59 bits per heavy atom. The number of aromatic nitrogens is 1. The van der Waals surface area contributed by atoms with Crippen LogP contribution in [-0.4, -0.2) is 13.4 Å². The number of thiophene rings is 1. The summed E-state index contributed by atoms with van der Waals surface area (Å²) < 4.78 is 27.7. The van der Waals surface area contributed by atoms with Gasteiger partial charge in [0.25, 0.3) is 10.0 Å². The Bertz CT molecular complexity index is 625. The van der Waals surface area contributed by atoms with Gasteiger partial charge in [0, 0.05) is 9.77 Å². The van der Waals surface area contributed by atoms with E-state index in [0.29, 0.717) is 4.34 Å². The maximum atomic E-state index is 11.9. The first kappa shape index (κ1) is 13.1. The van der Waals surface area contributed by atoms with Crippen LogP contribution >= 0.6 is 45.5 Å². The summed E-state index contributed by atoms with van der Waals surface area (Å²) in [6, 6.07) is 6.38. The average molecular weight is 401 g/mol. The number of pyridine rings is 1. The molecule has 2 heterocycles. The third-order valence-corrected chi connectivity index (χ3v) is 5.50. The number of halogens is 2. The highest BCUT2D eigenvalue weighted by Crippen LogP contribution is 2.26. The maximum absolute atomic E-state index is 11.9. The summed E-state index contributed by atoms with van der Waals surface area (Å²) in [5.74, 6) is 0.287. The van der Waals surface area contributed by atoms with Crippen LogP contribution in [0.25, 0.3) is 0 Å². The molecule has 2 aromatic rings. The molecule has 0 aliphatic rings. The van der Waals surface area contributed by atoms with Crippen LogP contribution in [0.3, 0.4) is 0 Å². The molecule has 0 spiro atoms. The summed E-state index contributed by atoms with van der Waals surface area (Å²) in [6.45, 7) is 0. The first-order chi connectivity index (χ1) is 7.97. The van der Waals surface area contributed by atoms with Crippen molar-refractivity contribution in [3.8, 4) is 0 Å². The summed E-state index contributed by atoms with van der Waals surface area (Å²) >= 11 is 8.80. The lowest BCUT2D eigenvalue weighted by Gasteiger charge is -2.04. The van der Waals surface area contributed by atoms with Crippen LogP contribution in [0.5, 0.6) is 0 Å². The van der Waals surface area contributed by atoms with Crippen LogP contribution in [-0.2, 0) is 10.0 Å². The quantitative estimate of drug-likeness (QED) is 0.805. The van der Waals surface area contributed by atoms with E-state index in [1.54, 1.807) is 24.4 Å². The van der Waals surface area contributed by atoms with E-state index >= 15 is 0 Å². The number of hydrogen-bond acceptors (Lipinski definition) is 4. The smallest absolute Gasteiger partial charge is 0.263 e. The molecule has 0 fully saturated rings. The summed E-state index contributed by atoms with van der Waals surface area (Å²) in [5.41, 5.74) is 0. The van der Waals surface area contributed by atoms with Crippen molar-refractivity contribution in [2.24, 2.45) is 0 Å². The van der Waals surface area contributed by atoms with Gasteiger partial charge >= 0.3 is 0 Å². The minimum absolute atomic E-state index is 0.169. The zero-order valence-electron chi connectivity index (χ0n) is 8.22. The fourth-order valence-electron chi connectivity index (χ4n) is 1.07. The minimum atomic E-state index is -3.59. The number of sulfonamides is 1. The molecule has 90 valence electrons. The highest BCUT2D eigenvalue weighted by Gasteiger charge is 2.17. The van der Waals surface area contributed by atoms with Gasteiger partial charge in [-0.1, -0.05) is 11.6 Å². The highest BCUT2D eigenvalue weighted by atomic mass is 127. The Labute approximate surface area is 121 Å². The van der Waals surface area contributed by atoms with Crippen molar-refractivity contribution in [2.75, 3.05) is 4.72 Å². The largest absolute Gasteiger partial charge is 0.272 e. The van der Waals surface area contributed by atoms with Gasteiger partial charge in [-0.25, -0.2) is 13.4 Å². The van der Waals surface area contributed by atoms with Gasteiger partial charge in [0.05, 0.1) is 4.34 Å². The molecule has 8 heteroatoms. The van der Waals surface area contributed by atoms with Crippen molar-refractivity contribution < 1.29 is 8.42 Å². The Kier molecular flexibility index (Phi) is 3.91. The van der Waals surface area contributed by atoms with Gasteiger partial charge < -0.3 is 0 Å². The maximum Gasteiger partial charge on any atom is 0.272 e. The first-order valence-electron chi connectivity index (χ1n) is 4.37. The molecule has 4 nitrogen and oxygen atoms in total. The van der Waals surface area contributed by atoms with Crippen molar-refractivity contribution in [1.29, 1.82) is 0 Å². The lowest BCUT2D eigenvalue weighted by molar-refractivity contribution is 0.603. The predicted octanol–water partition coefficient (Wildman–Crippen LogP) is 3.20. The second-order valence-electron chi connectivity index (χ2n) is 3.03. The first-order valence-corrected chi connectivity index (χ1v) is 8.13. The molecule has 2 rings (SSSR count). The van der Waals surface area contributed by atoms with Crippen LogP contribution in [0.2, 0.25) is 4.34 Å². The standard InChI is InChI=1S/C9H6ClIN2O2S2/c10-7-2-4-9(16-7)17(14,15)13-8-3-1-6(11)5-12-8/h1-5H,(H,12,13). The molecule has 0 amide bonds. The van der Waals surface area contributed by atoms with Crippen molar-refractivity contribution in [3.63, 3.8) is 0 Å². The summed E-state index contributed by atoms with van der Waals surface area (Å²) in [7, 11) is -3.59. The normalized spacial score (nSPS) is 11.4. The molecule has 0 aromatic carbocycles. The number of hydrogen-bond donors (Lipinski definition) is 1. The Hall–Kier alpha value is -0.380. The Morgan fingerprint density at radius 2 is 2.06 bits per heavy atom. The summed E-state index contributed by atoms with van der Waals surface area (Å²) in [6.07, 6.45) is 1.58. The monoisotopic (exact) mass is 400 g/mol. The van der Waals surface area contributed by atoms with Crippen LogP contribution in [0, 0.1) is 3.57 Å². The summed E-state index contributed by atoms with van der Waals surface area (Å²) in [5, 5.41) is 0. The molecular formula is C9H6ClIN2O2S2. The van der Waals surface area contributed by atoms with E-state index in [9.17, 15) is 8.42 Å². The van der Waals surface area contributed by atoms with E-state index in [0.717, 1.165) is 14.9 Å². The van der Waals surface area contributed by atoms with Crippen molar-refractivity contribution in [3.05, 3.63) is 38.4 Å². The molecule has 0 saturated carbocycles. The minimum Gasteiger partial charge on any atom is -0.263 e. The van der Waals surface area contributed by atoms with E-state index < -0.39 is 10.0 Å². The molecule has 0 saturated heterocycles. The molecule has 17 heavy (non-hydrogen) atoms. The molecule has 2 aromatic heterocycles. The fourth-order valence-corrected chi connectivity index (χ4v) is 3.88. The molecule has 0 bridgehead atoms.